The zero-order chi connectivity index (χ0) is 13.9. The lowest BCUT2D eigenvalue weighted by atomic mass is 10.2. The van der Waals surface area contributed by atoms with Crippen molar-refractivity contribution in [3.63, 3.8) is 0 Å². The molecule has 7 nitrogen and oxygen atoms in total. The van der Waals surface area contributed by atoms with Crippen LogP contribution in [0.1, 0.15) is 10.4 Å². The number of nitrogens with one attached hydrogen (secondary N) is 1. The van der Waals surface area contributed by atoms with E-state index in [9.17, 15) is 9.59 Å². The molecule has 0 spiro atoms. The summed E-state index contributed by atoms with van der Waals surface area (Å²) in [7, 11) is 0. The number of cyclic esters (lactones) is 1. The molecule has 3 rings (SSSR count). The van der Waals surface area contributed by atoms with E-state index in [4.69, 9.17) is 14.2 Å². The van der Waals surface area contributed by atoms with E-state index < -0.39 is 0 Å². The van der Waals surface area contributed by atoms with Gasteiger partial charge in [-0.3, -0.25) is 4.79 Å². The van der Waals surface area contributed by atoms with Gasteiger partial charge in [0, 0.05) is 18.7 Å². The van der Waals surface area contributed by atoms with E-state index in [1.807, 2.05) is 0 Å². The van der Waals surface area contributed by atoms with Crippen molar-refractivity contribution in [2.24, 2.45) is 0 Å². The molecule has 7 heteroatoms. The van der Waals surface area contributed by atoms with Crippen LogP contribution in [0, 0.1) is 0 Å². The lowest BCUT2D eigenvalue weighted by molar-refractivity contribution is 0.0948. The summed E-state index contributed by atoms with van der Waals surface area (Å²) in [5, 5.41) is 2.75. The lowest BCUT2D eigenvalue weighted by Crippen LogP contribution is -2.35. The highest BCUT2D eigenvalue weighted by Crippen LogP contribution is 2.32. The van der Waals surface area contributed by atoms with Gasteiger partial charge in [0.1, 0.15) is 6.61 Å². The van der Waals surface area contributed by atoms with Crippen LogP contribution in [0.4, 0.5) is 4.79 Å². The number of hydrogen-bond donors (Lipinski definition) is 1. The highest BCUT2D eigenvalue weighted by Gasteiger charge is 2.21. The molecule has 0 aliphatic carbocycles. The van der Waals surface area contributed by atoms with Crippen LogP contribution in [0.5, 0.6) is 11.5 Å². The Morgan fingerprint density at radius 2 is 2.10 bits per heavy atom. The third-order valence-corrected chi connectivity index (χ3v) is 3.15. The molecule has 1 aromatic carbocycles. The van der Waals surface area contributed by atoms with Gasteiger partial charge in [-0.15, -0.1) is 0 Å². The van der Waals surface area contributed by atoms with Gasteiger partial charge in [-0.1, -0.05) is 0 Å². The highest BCUT2D eigenvalue weighted by atomic mass is 16.7. The molecule has 0 bridgehead atoms. The van der Waals surface area contributed by atoms with E-state index in [0.717, 1.165) is 0 Å². The fourth-order valence-corrected chi connectivity index (χ4v) is 2.07. The summed E-state index contributed by atoms with van der Waals surface area (Å²) in [5.74, 6) is 0.998. The summed E-state index contributed by atoms with van der Waals surface area (Å²) in [5.41, 5.74) is 0.498. The molecule has 0 radical (unpaired) electrons. The molecule has 2 aliphatic rings. The molecule has 1 aromatic rings. The Morgan fingerprint density at radius 1 is 1.25 bits per heavy atom. The molecule has 1 saturated heterocycles. The lowest BCUT2D eigenvalue weighted by Gasteiger charge is -2.12. The van der Waals surface area contributed by atoms with Crippen molar-refractivity contribution in [3.8, 4) is 11.5 Å². The third kappa shape index (κ3) is 2.47. The molecular formula is C13H14N2O5. The molecule has 2 amide bonds. The zero-order valence-corrected chi connectivity index (χ0v) is 10.8. The number of ether oxygens (including phenoxy) is 3. The van der Waals surface area contributed by atoms with Gasteiger partial charge >= 0.3 is 6.09 Å². The number of amides is 2. The van der Waals surface area contributed by atoms with E-state index >= 15 is 0 Å². The maximum Gasteiger partial charge on any atom is 0.409 e. The second-order valence-corrected chi connectivity index (χ2v) is 4.43. The van der Waals surface area contributed by atoms with Gasteiger partial charge in [-0.2, -0.15) is 0 Å². The van der Waals surface area contributed by atoms with E-state index in [-0.39, 0.29) is 18.8 Å². The highest BCUT2D eigenvalue weighted by molar-refractivity contribution is 5.94. The van der Waals surface area contributed by atoms with Gasteiger partial charge in [0.05, 0.1) is 6.54 Å². The number of fused-ring (bicyclic) bond motifs is 1. The Bertz CT molecular complexity index is 546. The van der Waals surface area contributed by atoms with Crippen LogP contribution in [0.25, 0.3) is 0 Å². The van der Waals surface area contributed by atoms with Crippen molar-refractivity contribution in [2.45, 2.75) is 0 Å². The fraction of sp³-hybridized carbons (Fsp3) is 0.385. The summed E-state index contributed by atoms with van der Waals surface area (Å²) >= 11 is 0. The quantitative estimate of drug-likeness (QED) is 0.872. The van der Waals surface area contributed by atoms with Crippen LogP contribution in [0.2, 0.25) is 0 Å². The number of carbonyl (C=O) groups is 2. The predicted molar refractivity (Wildman–Crippen MR) is 67.8 cm³/mol. The standard InChI is InChI=1S/C13H14N2O5/c16-12(14-3-4-15-5-6-18-13(15)17)9-1-2-10-11(7-9)20-8-19-10/h1-2,7H,3-6,8H2,(H,14,16). The Morgan fingerprint density at radius 3 is 2.90 bits per heavy atom. The second kappa shape index (κ2) is 5.28. The van der Waals surface area contributed by atoms with Crippen molar-refractivity contribution < 1.29 is 23.8 Å². The molecular weight excluding hydrogens is 264 g/mol. The Balaban J connectivity index is 1.53. The molecule has 20 heavy (non-hydrogen) atoms. The summed E-state index contributed by atoms with van der Waals surface area (Å²) in [6.45, 7) is 1.97. The first-order chi connectivity index (χ1) is 9.74. The van der Waals surface area contributed by atoms with Gasteiger partial charge in [-0.05, 0) is 18.2 Å². The van der Waals surface area contributed by atoms with E-state index in [1.54, 1.807) is 23.1 Å². The molecule has 2 heterocycles. The summed E-state index contributed by atoms with van der Waals surface area (Å²) in [6, 6.07) is 5.02. The number of carbonyl (C=O) groups excluding carboxylic acids is 2. The minimum atomic E-state index is -0.331. The Kier molecular flexibility index (Phi) is 3.32. The summed E-state index contributed by atoms with van der Waals surface area (Å²) in [4.78, 5) is 24.7. The topological polar surface area (TPSA) is 77.1 Å². The largest absolute Gasteiger partial charge is 0.454 e. The zero-order valence-electron chi connectivity index (χ0n) is 10.8. The summed E-state index contributed by atoms with van der Waals surface area (Å²) in [6.07, 6.45) is -0.331. The van der Waals surface area contributed by atoms with Crippen LogP contribution in [0.15, 0.2) is 18.2 Å². The maximum absolute atomic E-state index is 12.0. The average molecular weight is 278 g/mol. The maximum atomic E-state index is 12.0. The first kappa shape index (κ1) is 12.6. The van der Waals surface area contributed by atoms with Crippen molar-refractivity contribution in [1.29, 1.82) is 0 Å². The summed E-state index contributed by atoms with van der Waals surface area (Å²) < 4.78 is 15.2. The number of benzene rings is 1. The van der Waals surface area contributed by atoms with Gasteiger partial charge in [-0.25, -0.2) is 4.79 Å². The predicted octanol–water partition coefficient (Wildman–Crippen LogP) is 0.597. The van der Waals surface area contributed by atoms with E-state index in [1.165, 1.54) is 0 Å². The SMILES string of the molecule is O=C(NCCN1CCOC1=O)c1ccc2c(c1)OCO2. The minimum Gasteiger partial charge on any atom is -0.454 e. The monoisotopic (exact) mass is 278 g/mol. The van der Waals surface area contributed by atoms with Gasteiger partial charge < -0.3 is 24.4 Å². The molecule has 0 aromatic heterocycles. The molecule has 1 fully saturated rings. The number of nitrogens with zero attached hydrogens (tertiary/aromatic N) is 1. The second-order valence-electron chi connectivity index (χ2n) is 4.43. The van der Waals surface area contributed by atoms with Crippen LogP contribution < -0.4 is 14.8 Å². The Labute approximate surface area is 115 Å². The van der Waals surface area contributed by atoms with Gasteiger partial charge in [0.15, 0.2) is 11.5 Å². The average Bonchev–Trinajstić information content (AvgIpc) is 3.07. The van der Waals surface area contributed by atoms with E-state index in [0.29, 0.717) is 43.3 Å². The number of hydrogen-bond acceptors (Lipinski definition) is 5. The first-order valence-corrected chi connectivity index (χ1v) is 6.33. The van der Waals surface area contributed by atoms with Crippen LogP contribution in [-0.2, 0) is 4.74 Å². The Hall–Kier alpha value is -2.44. The molecule has 106 valence electrons. The van der Waals surface area contributed by atoms with Crippen LogP contribution in [0.3, 0.4) is 0 Å². The molecule has 0 unspecified atom stereocenters. The normalized spacial score (nSPS) is 16.2. The third-order valence-electron chi connectivity index (χ3n) is 3.15. The molecule has 2 aliphatic heterocycles. The van der Waals surface area contributed by atoms with Gasteiger partial charge in [0.2, 0.25) is 6.79 Å². The fourth-order valence-electron chi connectivity index (χ4n) is 2.07. The van der Waals surface area contributed by atoms with Crippen molar-refractivity contribution >= 4 is 12.0 Å². The van der Waals surface area contributed by atoms with Crippen molar-refractivity contribution in [1.82, 2.24) is 10.2 Å². The van der Waals surface area contributed by atoms with Crippen molar-refractivity contribution in [3.05, 3.63) is 23.8 Å². The van der Waals surface area contributed by atoms with E-state index in [2.05, 4.69) is 5.32 Å². The first-order valence-electron chi connectivity index (χ1n) is 6.33. The van der Waals surface area contributed by atoms with Crippen LogP contribution >= 0.6 is 0 Å². The molecule has 0 saturated carbocycles. The van der Waals surface area contributed by atoms with Crippen LogP contribution in [-0.4, -0.2) is 49.9 Å². The van der Waals surface area contributed by atoms with Crippen molar-refractivity contribution in [2.75, 3.05) is 33.0 Å². The van der Waals surface area contributed by atoms with Gasteiger partial charge in [0.25, 0.3) is 5.91 Å². The smallest absolute Gasteiger partial charge is 0.409 e. The minimum absolute atomic E-state index is 0.178. The molecule has 0 atom stereocenters. The molecule has 1 N–H and O–H groups in total. The number of rotatable bonds is 4.